The van der Waals surface area contributed by atoms with Gasteiger partial charge in [0.05, 0.1) is 17.4 Å². The van der Waals surface area contributed by atoms with Gasteiger partial charge in [-0.05, 0) is 87.1 Å². The molecule has 0 unspecified atom stereocenters. The van der Waals surface area contributed by atoms with Crippen LogP contribution in [0.4, 0.5) is 10.1 Å². The highest BCUT2D eigenvalue weighted by Crippen LogP contribution is 2.42. The molecule has 7 heteroatoms. The van der Waals surface area contributed by atoms with Crippen LogP contribution in [0.3, 0.4) is 0 Å². The summed E-state index contributed by atoms with van der Waals surface area (Å²) >= 11 is 0. The third kappa shape index (κ3) is 8.32. The number of rotatable bonds is 11. The highest BCUT2D eigenvalue weighted by molar-refractivity contribution is 6.12. The first-order valence-electron chi connectivity index (χ1n) is 15.0. The number of nitrogens with zero attached hydrogens (tertiary/aromatic N) is 1. The molecule has 0 aliphatic heterocycles. The van der Waals surface area contributed by atoms with Gasteiger partial charge in [0.1, 0.15) is 11.4 Å². The number of para-hydroxylation sites is 1. The van der Waals surface area contributed by atoms with E-state index in [0.717, 1.165) is 28.1 Å². The van der Waals surface area contributed by atoms with E-state index in [1.165, 1.54) is 18.2 Å². The third-order valence-corrected chi connectivity index (χ3v) is 7.04. The molecule has 0 saturated heterocycles. The Balaban J connectivity index is 1.80. The second-order valence-corrected chi connectivity index (χ2v) is 12.1. The second-order valence-electron chi connectivity index (χ2n) is 12.1. The molecule has 1 atom stereocenters. The van der Waals surface area contributed by atoms with E-state index in [1.807, 2.05) is 74.5 Å². The van der Waals surface area contributed by atoms with Crippen molar-refractivity contribution in [2.75, 3.05) is 5.32 Å². The number of benzene rings is 3. The van der Waals surface area contributed by atoms with Gasteiger partial charge < -0.3 is 19.7 Å². The summed E-state index contributed by atoms with van der Waals surface area (Å²) in [6.07, 6.45) is 2.82. The molecule has 0 spiro atoms. The lowest BCUT2D eigenvalue weighted by atomic mass is 9.94. The van der Waals surface area contributed by atoms with Gasteiger partial charge in [-0.15, -0.1) is 0 Å². The van der Waals surface area contributed by atoms with Gasteiger partial charge in [0.2, 0.25) is 0 Å². The van der Waals surface area contributed by atoms with Crippen molar-refractivity contribution in [1.82, 2.24) is 4.57 Å². The van der Waals surface area contributed by atoms with E-state index >= 15 is 0 Å². The van der Waals surface area contributed by atoms with Crippen molar-refractivity contribution in [3.63, 3.8) is 0 Å². The quantitative estimate of drug-likeness (QED) is 0.135. The number of hydrogen-bond acceptors (Lipinski definition) is 4. The number of halogens is 1. The van der Waals surface area contributed by atoms with Crippen LogP contribution in [0.5, 0.6) is 0 Å². The van der Waals surface area contributed by atoms with Crippen LogP contribution in [0, 0.1) is 5.82 Å². The number of ether oxygens (including phenoxy) is 1. The first-order chi connectivity index (χ1) is 20.9. The summed E-state index contributed by atoms with van der Waals surface area (Å²) in [5, 5.41) is 14.0. The molecule has 0 radical (unpaired) electrons. The Morgan fingerprint density at radius 3 is 2.14 bits per heavy atom. The van der Waals surface area contributed by atoms with Gasteiger partial charge in [0.15, 0.2) is 0 Å². The summed E-state index contributed by atoms with van der Waals surface area (Å²) in [6, 6.07) is 25.3. The first kappa shape index (κ1) is 32.4. The molecule has 4 aromatic rings. The highest BCUT2D eigenvalue weighted by atomic mass is 19.1. The molecule has 1 amide bonds. The molecule has 3 aromatic carbocycles. The van der Waals surface area contributed by atoms with E-state index < -0.39 is 17.7 Å². The number of amides is 1. The minimum absolute atomic E-state index is 0.0626. The Morgan fingerprint density at radius 1 is 0.932 bits per heavy atom. The number of aliphatic hydroxyl groups is 1. The first-order valence-corrected chi connectivity index (χ1v) is 15.0. The summed E-state index contributed by atoms with van der Waals surface area (Å²) < 4.78 is 21.5. The monoisotopic (exact) mass is 596 g/mol. The van der Waals surface area contributed by atoms with E-state index in [2.05, 4.69) is 9.88 Å². The van der Waals surface area contributed by atoms with Gasteiger partial charge in [-0.2, -0.15) is 0 Å². The van der Waals surface area contributed by atoms with Gasteiger partial charge in [0.25, 0.3) is 5.91 Å². The summed E-state index contributed by atoms with van der Waals surface area (Å²) in [7, 11) is 0. The Bertz CT molecular complexity index is 1580. The smallest absolute Gasteiger partial charge is 0.330 e. The fraction of sp³-hybridized carbons (Fsp3) is 0.297. The van der Waals surface area contributed by atoms with Crippen molar-refractivity contribution in [2.24, 2.45) is 0 Å². The number of carbonyl (C=O) groups excluding carboxylic acids is 2. The standard InChI is InChI=1S/C37H41FN2O4/c1-25(2)34-33(36(43)39-29-15-10-7-11-16-29)32(26-13-8-6-9-14-26)35(27-19-21-28(38)22-20-27)40(34)24-23-30(41)17-12-18-31(42)44-37(3,4)5/h6-16,18-22,25,30,41H,17,23-24H2,1-5H3,(H,39,43)/t30-/m0/s1. The molecule has 6 nitrogen and oxygen atoms in total. The van der Waals surface area contributed by atoms with Crippen LogP contribution in [0.15, 0.2) is 97.1 Å². The summed E-state index contributed by atoms with van der Waals surface area (Å²) in [5.74, 6) is -1.13. The van der Waals surface area contributed by atoms with Gasteiger partial charge in [0, 0.05) is 29.6 Å². The Morgan fingerprint density at radius 2 is 1.55 bits per heavy atom. The zero-order chi connectivity index (χ0) is 31.9. The molecular formula is C37H41FN2O4. The topological polar surface area (TPSA) is 80.6 Å². The van der Waals surface area contributed by atoms with Crippen molar-refractivity contribution in [2.45, 2.75) is 71.6 Å². The van der Waals surface area contributed by atoms with E-state index in [0.29, 0.717) is 24.2 Å². The van der Waals surface area contributed by atoms with E-state index in [9.17, 15) is 19.1 Å². The average Bonchev–Trinajstić information content (AvgIpc) is 3.32. The van der Waals surface area contributed by atoms with Crippen LogP contribution >= 0.6 is 0 Å². The van der Waals surface area contributed by atoms with Crippen LogP contribution in [0.1, 0.15) is 69.4 Å². The molecule has 0 aliphatic rings. The molecule has 0 fully saturated rings. The predicted octanol–water partition coefficient (Wildman–Crippen LogP) is 8.38. The second kappa shape index (κ2) is 14.3. The van der Waals surface area contributed by atoms with E-state index in [-0.39, 0.29) is 24.1 Å². The molecule has 1 heterocycles. The van der Waals surface area contributed by atoms with E-state index in [1.54, 1.807) is 39.0 Å². The number of aliphatic hydroxyl groups excluding tert-OH is 1. The normalized spacial score (nSPS) is 12.5. The molecule has 0 saturated carbocycles. The molecule has 4 rings (SSSR count). The maximum Gasteiger partial charge on any atom is 0.330 e. The maximum absolute atomic E-state index is 14.1. The Hall–Kier alpha value is -4.49. The van der Waals surface area contributed by atoms with Gasteiger partial charge in [-0.3, -0.25) is 4.79 Å². The summed E-state index contributed by atoms with van der Waals surface area (Å²) in [6.45, 7) is 9.86. The molecule has 2 N–H and O–H groups in total. The van der Waals surface area contributed by atoms with Crippen molar-refractivity contribution in [1.29, 1.82) is 0 Å². The molecule has 0 bridgehead atoms. The van der Waals surface area contributed by atoms with E-state index in [4.69, 9.17) is 4.74 Å². The molecule has 230 valence electrons. The molecule has 0 aliphatic carbocycles. The van der Waals surface area contributed by atoms with Crippen LogP contribution in [0.2, 0.25) is 0 Å². The zero-order valence-corrected chi connectivity index (χ0v) is 26.0. The van der Waals surface area contributed by atoms with Crippen molar-refractivity contribution in [3.05, 3.63) is 114 Å². The van der Waals surface area contributed by atoms with Crippen LogP contribution < -0.4 is 5.32 Å². The van der Waals surface area contributed by atoms with Crippen LogP contribution in [-0.4, -0.2) is 33.3 Å². The summed E-state index contributed by atoms with van der Waals surface area (Å²) in [5.41, 5.74) is 4.55. The van der Waals surface area contributed by atoms with Crippen LogP contribution in [0.25, 0.3) is 22.4 Å². The minimum Gasteiger partial charge on any atom is -0.457 e. The fourth-order valence-corrected chi connectivity index (χ4v) is 5.26. The number of esters is 1. The largest absolute Gasteiger partial charge is 0.457 e. The average molecular weight is 597 g/mol. The molecule has 1 aromatic heterocycles. The number of nitrogens with one attached hydrogen (secondary N) is 1. The van der Waals surface area contributed by atoms with Crippen molar-refractivity contribution in [3.8, 4) is 22.4 Å². The van der Waals surface area contributed by atoms with Gasteiger partial charge in [-0.1, -0.05) is 68.5 Å². The van der Waals surface area contributed by atoms with Crippen molar-refractivity contribution >= 4 is 17.6 Å². The lowest BCUT2D eigenvalue weighted by Gasteiger charge is -2.19. The SMILES string of the molecule is CC(C)c1c(C(=O)Nc2ccccc2)c(-c2ccccc2)c(-c2ccc(F)cc2)n1CC[C@@H](O)CC=CC(=O)OC(C)(C)C. The highest BCUT2D eigenvalue weighted by Gasteiger charge is 2.30. The number of hydrogen-bond donors (Lipinski definition) is 2. The third-order valence-electron chi connectivity index (χ3n) is 7.04. The lowest BCUT2D eigenvalue weighted by Crippen LogP contribution is -2.22. The maximum atomic E-state index is 14.1. The fourth-order valence-electron chi connectivity index (χ4n) is 5.26. The number of aromatic nitrogens is 1. The Kier molecular flexibility index (Phi) is 10.6. The number of carbonyl (C=O) groups is 2. The van der Waals surface area contributed by atoms with Crippen LogP contribution in [-0.2, 0) is 16.1 Å². The van der Waals surface area contributed by atoms with Gasteiger partial charge in [-0.25, -0.2) is 9.18 Å². The lowest BCUT2D eigenvalue weighted by molar-refractivity contribution is -0.148. The zero-order valence-electron chi connectivity index (χ0n) is 26.0. The molecular weight excluding hydrogens is 555 g/mol. The minimum atomic E-state index is -0.751. The predicted molar refractivity (Wildman–Crippen MR) is 174 cm³/mol. The van der Waals surface area contributed by atoms with Gasteiger partial charge >= 0.3 is 5.97 Å². The Labute approximate surface area is 259 Å². The number of anilines is 1. The van der Waals surface area contributed by atoms with Crippen molar-refractivity contribution < 1.29 is 23.8 Å². The summed E-state index contributed by atoms with van der Waals surface area (Å²) in [4.78, 5) is 26.2. The molecule has 44 heavy (non-hydrogen) atoms.